The van der Waals surface area contributed by atoms with Gasteiger partial charge in [-0.15, -0.1) is 0 Å². The van der Waals surface area contributed by atoms with E-state index in [1.54, 1.807) is 11.1 Å². The molecule has 0 aromatic carbocycles. The lowest BCUT2D eigenvalue weighted by atomic mass is 10.2. The normalized spacial score (nSPS) is 16.7. The smallest absolute Gasteiger partial charge is 0.395 e. The van der Waals surface area contributed by atoms with Crippen molar-refractivity contribution in [2.45, 2.75) is 18.8 Å². The molecule has 2 aliphatic rings. The molecule has 2 fully saturated rings. The molecule has 3 aromatic rings. The summed E-state index contributed by atoms with van der Waals surface area (Å²) in [7, 11) is 0. The molecule has 4 heterocycles. The molecule has 5 rings (SSSR count). The highest BCUT2D eigenvalue weighted by molar-refractivity contribution is 5.92. The third-order valence-electron chi connectivity index (χ3n) is 5.25. The van der Waals surface area contributed by atoms with Crippen molar-refractivity contribution in [1.29, 1.82) is 0 Å². The molecule has 30 heavy (non-hydrogen) atoms. The monoisotopic (exact) mass is 410 g/mol. The number of anilines is 1. The Morgan fingerprint density at radius 1 is 1.13 bits per heavy atom. The van der Waals surface area contributed by atoms with E-state index in [0.29, 0.717) is 43.8 Å². The fraction of sp³-hybridized carbons (Fsp3) is 0.368. The molecule has 11 nitrogen and oxygen atoms in total. The van der Waals surface area contributed by atoms with Crippen LogP contribution in [-0.2, 0) is 0 Å². The first-order chi connectivity index (χ1) is 14.6. The molecule has 11 heteroatoms. The number of hydrogen-bond acceptors (Lipinski definition) is 9. The number of aromatic nitrogens is 3. The summed E-state index contributed by atoms with van der Waals surface area (Å²) in [6.07, 6.45) is 3.92. The number of furan rings is 1. The summed E-state index contributed by atoms with van der Waals surface area (Å²) in [5.41, 5.74) is 0.794. The van der Waals surface area contributed by atoms with Gasteiger partial charge in [-0.3, -0.25) is 14.9 Å². The molecule has 0 unspecified atom stereocenters. The first kappa shape index (κ1) is 18.3. The van der Waals surface area contributed by atoms with Crippen LogP contribution in [0.1, 0.15) is 35.2 Å². The average molecular weight is 410 g/mol. The summed E-state index contributed by atoms with van der Waals surface area (Å²) in [6, 6.07) is 6.32. The summed E-state index contributed by atoms with van der Waals surface area (Å²) in [5.74, 6) is 1.62. The number of pyridine rings is 1. The average Bonchev–Trinajstić information content (AvgIpc) is 3.29. The first-order valence-corrected chi connectivity index (χ1v) is 9.67. The maximum Gasteiger partial charge on any atom is 0.433 e. The van der Waals surface area contributed by atoms with Gasteiger partial charge in [0, 0.05) is 43.9 Å². The van der Waals surface area contributed by atoms with Crippen molar-refractivity contribution in [3.8, 4) is 11.4 Å². The van der Waals surface area contributed by atoms with E-state index < -0.39 is 10.8 Å². The number of carbonyl (C=O) groups is 1. The number of rotatable bonds is 5. The summed E-state index contributed by atoms with van der Waals surface area (Å²) in [6.45, 7) is 2.11. The number of nitro groups is 1. The van der Waals surface area contributed by atoms with Crippen LogP contribution in [0.4, 0.5) is 11.7 Å². The van der Waals surface area contributed by atoms with Crippen molar-refractivity contribution in [3.05, 3.63) is 52.2 Å². The second-order valence-corrected chi connectivity index (χ2v) is 7.31. The van der Waals surface area contributed by atoms with E-state index in [1.165, 1.54) is 12.1 Å². The van der Waals surface area contributed by atoms with E-state index >= 15 is 0 Å². The highest BCUT2D eigenvalue weighted by atomic mass is 16.6. The minimum absolute atomic E-state index is 0.0247. The molecule has 0 spiro atoms. The highest BCUT2D eigenvalue weighted by Gasteiger charge is 2.30. The maximum atomic E-state index is 12.5. The van der Waals surface area contributed by atoms with Crippen molar-refractivity contribution >= 4 is 17.6 Å². The topological polar surface area (TPSA) is 132 Å². The van der Waals surface area contributed by atoms with Crippen molar-refractivity contribution < 1.29 is 18.7 Å². The van der Waals surface area contributed by atoms with Crippen LogP contribution in [0.3, 0.4) is 0 Å². The van der Waals surface area contributed by atoms with Crippen LogP contribution in [0.15, 0.2) is 39.4 Å². The van der Waals surface area contributed by atoms with Gasteiger partial charge in [-0.05, 0) is 31.0 Å². The van der Waals surface area contributed by atoms with Gasteiger partial charge in [-0.1, -0.05) is 5.16 Å². The number of piperazine rings is 1. The fourth-order valence-corrected chi connectivity index (χ4v) is 3.39. The molecule has 0 bridgehead atoms. The Kier molecular flexibility index (Phi) is 4.42. The minimum Gasteiger partial charge on any atom is -0.395 e. The zero-order chi connectivity index (χ0) is 20.7. The Morgan fingerprint density at radius 3 is 2.57 bits per heavy atom. The van der Waals surface area contributed by atoms with Crippen LogP contribution in [-0.4, -0.2) is 57.0 Å². The predicted molar refractivity (Wildman–Crippen MR) is 103 cm³/mol. The third kappa shape index (κ3) is 3.49. The van der Waals surface area contributed by atoms with Crippen molar-refractivity contribution in [1.82, 2.24) is 20.0 Å². The van der Waals surface area contributed by atoms with Gasteiger partial charge in [-0.2, -0.15) is 4.98 Å². The van der Waals surface area contributed by atoms with Crippen LogP contribution in [0.5, 0.6) is 0 Å². The predicted octanol–water partition coefficient (Wildman–Crippen LogP) is 2.47. The first-order valence-electron chi connectivity index (χ1n) is 9.67. The standard InChI is InChI=1S/C19H18N6O5/c26-19(14-4-6-16(29-14)25(27)28)24-9-7-23(8-10-24)15-5-3-13(11-20-15)17-21-18(30-22-17)12-1-2-12/h3-6,11-12H,1-2,7-10H2. The van der Waals surface area contributed by atoms with Gasteiger partial charge >= 0.3 is 5.88 Å². The van der Waals surface area contributed by atoms with Crippen LogP contribution in [0.25, 0.3) is 11.4 Å². The van der Waals surface area contributed by atoms with E-state index in [2.05, 4.69) is 20.0 Å². The molecule has 1 aliphatic carbocycles. The molecule has 3 aromatic heterocycles. The van der Waals surface area contributed by atoms with Gasteiger partial charge in [0.1, 0.15) is 10.7 Å². The van der Waals surface area contributed by atoms with Crippen LogP contribution in [0.2, 0.25) is 0 Å². The minimum atomic E-state index is -0.661. The summed E-state index contributed by atoms with van der Waals surface area (Å²) in [5, 5.41) is 14.7. The van der Waals surface area contributed by atoms with Gasteiger partial charge in [0.25, 0.3) is 5.91 Å². The molecule has 0 radical (unpaired) electrons. The number of nitrogens with zero attached hydrogens (tertiary/aromatic N) is 6. The van der Waals surface area contributed by atoms with E-state index in [4.69, 9.17) is 8.94 Å². The van der Waals surface area contributed by atoms with Gasteiger partial charge in [0.15, 0.2) is 5.76 Å². The van der Waals surface area contributed by atoms with Gasteiger partial charge in [0.2, 0.25) is 11.7 Å². The Labute approximate surface area is 170 Å². The van der Waals surface area contributed by atoms with Crippen molar-refractivity contribution in [3.63, 3.8) is 0 Å². The Morgan fingerprint density at radius 2 is 1.93 bits per heavy atom. The summed E-state index contributed by atoms with van der Waals surface area (Å²) < 4.78 is 10.3. The van der Waals surface area contributed by atoms with Gasteiger partial charge < -0.3 is 18.7 Å². The molecule has 1 saturated heterocycles. The second-order valence-electron chi connectivity index (χ2n) is 7.31. The highest BCUT2D eigenvalue weighted by Crippen LogP contribution is 2.39. The largest absolute Gasteiger partial charge is 0.433 e. The molecule has 154 valence electrons. The van der Waals surface area contributed by atoms with E-state index in [1.807, 2.05) is 12.1 Å². The van der Waals surface area contributed by atoms with Gasteiger partial charge in [0.05, 0.1) is 6.07 Å². The fourth-order valence-electron chi connectivity index (χ4n) is 3.39. The zero-order valence-electron chi connectivity index (χ0n) is 15.9. The second kappa shape index (κ2) is 7.25. The third-order valence-corrected chi connectivity index (χ3v) is 5.25. The Balaban J connectivity index is 1.20. The molecule has 0 N–H and O–H groups in total. The number of hydrogen-bond donors (Lipinski definition) is 0. The zero-order valence-corrected chi connectivity index (χ0v) is 15.9. The summed E-state index contributed by atoms with van der Waals surface area (Å²) in [4.78, 5) is 35.2. The van der Waals surface area contributed by atoms with E-state index in [0.717, 1.165) is 24.2 Å². The summed E-state index contributed by atoms with van der Waals surface area (Å²) >= 11 is 0. The molecular weight excluding hydrogens is 392 g/mol. The maximum absolute atomic E-state index is 12.5. The molecule has 1 aliphatic heterocycles. The quantitative estimate of drug-likeness (QED) is 0.459. The van der Waals surface area contributed by atoms with E-state index in [-0.39, 0.29) is 11.7 Å². The lowest BCUT2D eigenvalue weighted by molar-refractivity contribution is -0.402. The van der Waals surface area contributed by atoms with Crippen molar-refractivity contribution in [2.75, 3.05) is 31.1 Å². The van der Waals surface area contributed by atoms with Crippen LogP contribution < -0.4 is 4.90 Å². The number of amides is 1. The van der Waals surface area contributed by atoms with E-state index in [9.17, 15) is 14.9 Å². The van der Waals surface area contributed by atoms with Crippen LogP contribution >= 0.6 is 0 Å². The Bertz CT molecular complexity index is 1080. The molecule has 1 saturated carbocycles. The Hall–Kier alpha value is -3.76. The SMILES string of the molecule is O=C(c1ccc([N+](=O)[O-])o1)N1CCN(c2ccc(-c3noc(C4CC4)n3)cn2)CC1. The molecule has 1 amide bonds. The van der Waals surface area contributed by atoms with Crippen LogP contribution in [0, 0.1) is 10.1 Å². The lowest BCUT2D eigenvalue weighted by Crippen LogP contribution is -2.49. The van der Waals surface area contributed by atoms with Crippen molar-refractivity contribution in [2.24, 2.45) is 0 Å². The molecule has 0 atom stereocenters. The number of carbonyl (C=O) groups excluding carboxylic acids is 1. The molecular formula is C19H18N6O5. The lowest BCUT2D eigenvalue weighted by Gasteiger charge is -2.35. The van der Waals surface area contributed by atoms with Gasteiger partial charge in [-0.25, -0.2) is 4.98 Å².